The van der Waals surface area contributed by atoms with Crippen LogP contribution in [0.3, 0.4) is 0 Å². The molecule has 0 spiro atoms. The van der Waals surface area contributed by atoms with Crippen molar-refractivity contribution in [2.75, 3.05) is 52.9 Å². The molecular formula is C15H33N3. The number of nitrogens with zero attached hydrogens (tertiary/aromatic N) is 2. The number of nitrogens with one attached hydrogen (secondary N) is 1. The monoisotopic (exact) mass is 255 g/mol. The van der Waals surface area contributed by atoms with Crippen molar-refractivity contribution in [1.29, 1.82) is 0 Å². The predicted molar refractivity (Wildman–Crippen MR) is 80.1 cm³/mol. The first-order valence-corrected chi connectivity index (χ1v) is 7.87. The lowest BCUT2D eigenvalue weighted by Gasteiger charge is -2.22. The van der Waals surface area contributed by atoms with Gasteiger partial charge in [-0.2, -0.15) is 0 Å². The molecule has 0 heterocycles. The highest BCUT2D eigenvalue weighted by molar-refractivity contribution is 4.70. The Kier molecular flexibility index (Phi) is 8.64. The van der Waals surface area contributed by atoms with Crippen LogP contribution in [0.5, 0.6) is 0 Å². The molecule has 1 aliphatic rings. The molecule has 0 radical (unpaired) electrons. The molecule has 3 heteroatoms. The van der Waals surface area contributed by atoms with Gasteiger partial charge in [0.1, 0.15) is 0 Å². The van der Waals surface area contributed by atoms with Crippen molar-refractivity contribution in [3.05, 3.63) is 0 Å². The van der Waals surface area contributed by atoms with E-state index in [1.54, 1.807) is 0 Å². The minimum atomic E-state index is 0.977. The number of hydrogen-bond donors (Lipinski definition) is 1. The summed E-state index contributed by atoms with van der Waals surface area (Å²) in [5, 5.41) is 3.56. The molecule has 3 nitrogen and oxygen atoms in total. The van der Waals surface area contributed by atoms with Crippen LogP contribution >= 0.6 is 0 Å². The number of rotatable bonds is 10. The van der Waals surface area contributed by atoms with Crippen molar-refractivity contribution < 1.29 is 0 Å². The van der Waals surface area contributed by atoms with E-state index in [1.165, 1.54) is 58.4 Å². The van der Waals surface area contributed by atoms with E-state index in [9.17, 15) is 0 Å². The van der Waals surface area contributed by atoms with Crippen LogP contribution in [0.2, 0.25) is 0 Å². The Morgan fingerprint density at radius 1 is 1.00 bits per heavy atom. The van der Waals surface area contributed by atoms with Gasteiger partial charge in [0, 0.05) is 32.7 Å². The van der Waals surface area contributed by atoms with E-state index < -0.39 is 0 Å². The molecule has 108 valence electrons. The van der Waals surface area contributed by atoms with Crippen LogP contribution < -0.4 is 5.32 Å². The van der Waals surface area contributed by atoms with Gasteiger partial charge in [-0.1, -0.05) is 26.7 Å². The average molecular weight is 255 g/mol. The Labute approximate surface area is 114 Å². The molecule has 0 aromatic carbocycles. The standard InChI is InChI=1S/C15H33N3/c1-4-18(5-2)13-11-16-10-12-17(3)14-15-8-6-7-9-15/h15-16H,4-14H2,1-3H3. The van der Waals surface area contributed by atoms with Crippen LogP contribution in [0.25, 0.3) is 0 Å². The van der Waals surface area contributed by atoms with Crippen LogP contribution in [0.4, 0.5) is 0 Å². The van der Waals surface area contributed by atoms with Crippen molar-refractivity contribution in [3.63, 3.8) is 0 Å². The Morgan fingerprint density at radius 3 is 2.22 bits per heavy atom. The SMILES string of the molecule is CCN(CC)CCNCCN(C)CC1CCCC1. The lowest BCUT2D eigenvalue weighted by Crippen LogP contribution is -2.36. The van der Waals surface area contributed by atoms with Gasteiger partial charge in [0.15, 0.2) is 0 Å². The molecule has 18 heavy (non-hydrogen) atoms. The second-order valence-electron chi connectivity index (χ2n) is 5.69. The summed E-state index contributed by atoms with van der Waals surface area (Å²) in [6, 6.07) is 0. The molecule has 1 N–H and O–H groups in total. The summed E-state index contributed by atoms with van der Waals surface area (Å²) >= 11 is 0. The van der Waals surface area contributed by atoms with E-state index in [1.807, 2.05) is 0 Å². The van der Waals surface area contributed by atoms with Crippen molar-refractivity contribution >= 4 is 0 Å². The largest absolute Gasteiger partial charge is 0.314 e. The van der Waals surface area contributed by atoms with Gasteiger partial charge < -0.3 is 15.1 Å². The van der Waals surface area contributed by atoms with Gasteiger partial charge >= 0.3 is 0 Å². The molecular weight excluding hydrogens is 222 g/mol. The van der Waals surface area contributed by atoms with Crippen LogP contribution in [0.1, 0.15) is 39.5 Å². The van der Waals surface area contributed by atoms with Gasteiger partial charge in [0.05, 0.1) is 0 Å². The third-order valence-corrected chi connectivity index (χ3v) is 4.21. The van der Waals surface area contributed by atoms with Crippen LogP contribution in [0.15, 0.2) is 0 Å². The maximum atomic E-state index is 3.56. The third kappa shape index (κ3) is 6.72. The number of hydrogen-bond acceptors (Lipinski definition) is 3. The predicted octanol–water partition coefficient (Wildman–Crippen LogP) is 2.04. The van der Waals surface area contributed by atoms with E-state index in [0.717, 1.165) is 19.0 Å². The first-order chi connectivity index (χ1) is 8.76. The molecule has 1 fully saturated rings. The van der Waals surface area contributed by atoms with E-state index in [4.69, 9.17) is 0 Å². The highest BCUT2D eigenvalue weighted by atomic mass is 15.1. The van der Waals surface area contributed by atoms with Crippen molar-refractivity contribution in [3.8, 4) is 0 Å². The van der Waals surface area contributed by atoms with Gasteiger partial charge in [0.25, 0.3) is 0 Å². The smallest absolute Gasteiger partial charge is 0.0107 e. The summed E-state index contributed by atoms with van der Waals surface area (Å²) in [4.78, 5) is 4.97. The van der Waals surface area contributed by atoms with Gasteiger partial charge in [-0.05, 0) is 38.9 Å². The zero-order valence-electron chi connectivity index (χ0n) is 12.7. The van der Waals surface area contributed by atoms with Crippen molar-refractivity contribution in [2.45, 2.75) is 39.5 Å². The minimum Gasteiger partial charge on any atom is -0.314 e. The molecule has 0 saturated heterocycles. The molecule has 1 saturated carbocycles. The molecule has 0 unspecified atom stereocenters. The van der Waals surface area contributed by atoms with Gasteiger partial charge in [-0.15, -0.1) is 0 Å². The summed E-state index contributed by atoms with van der Waals surface area (Å²) < 4.78 is 0. The molecule has 0 aromatic rings. The molecule has 0 amide bonds. The van der Waals surface area contributed by atoms with Gasteiger partial charge in [-0.25, -0.2) is 0 Å². The maximum absolute atomic E-state index is 3.56. The number of likely N-dealkylation sites (N-methyl/N-ethyl adjacent to an activating group) is 2. The minimum absolute atomic E-state index is 0.977. The summed E-state index contributed by atoms with van der Waals surface area (Å²) in [5.41, 5.74) is 0. The van der Waals surface area contributed by atoms with E-state index in [2.05, 4.69) is 36.0 Å². The average Bonchev–Trinajstić information content (AvgIpc) is 2.86. The topological polar surface area (TPSA) is 18.5 Å². The Bertz CT molecular complexity index is 186. The van der Waals surface area contributed by atoms with Crippen molar-refractivity contribution in [2.24, 2.45) is 5.92 Å². The summed E-state index contributed by atoms with van der Waals surface area (Å²) in [5.74, 6) is 0.977. The summed E-state index contributed by atoms with van der Waals surface area (Å²) in [6.45, 7) is 12.7. The lowest BCUT2D eigenvalue weighted by atomic mass is 10.1. The molecule has 0 atom stereocenters. The Balaban J connectivity index is 1.93. The normalized spacial score (nSPS) is 17.2. The fraction of sp³-hybridized carbons (Fsp3) is 1.00. The van der Waals surface area contributed by atoms with E-state index in [-0.39, 0.29) is 0 Å². The highest BCUT2D eigenvalue weighted by Gasteiger charge is 2.16. The van der Waals surface area contributed by atoms with Gasteiger partial charge in [-0.3, -0.25) is 0 Å². The first-order valence-electron chi connectivity index (χ1n) is 7.87. The first kappa shape index (κ1) is 15.9. The Hall–Kier alpha value is -0.120. The second kappa shape index (κ2) is 9.76. The fourth-order valence-electron chi connectivity index (χ4n) is 2.90. The Morgan fingerprint density at radius 2 is 1.61 bits per heavy atom. The molecule has 1 aliphatic carbocycles. The second-order valence-corrected chi connectivity index (χ2v) is 5.69. The highest BCUT2D eigenvalue weighted by Crippen LogP contribution is 2.24. The van der Waals surface area contributed by atoms with E-state index in [0.29, 0.717) is 0 Å². The van der Waals surface area contributed by atoms with Crippen LogP contribution in [-0.4, -0.2) is 62.7 Å². The van der Waals surface area contributed by atoms with E-state index >= 15 is 0 Å². The summed E-state index contributed by atoms with van der Waals surface area (Å²) in [7, 11) is 2.27. The zero-order chi connectivity index (χ0) is 13.2. The lowest BCUT2D eigenvalue weighted by molar-refractivity contribution is 0.269. The zero-order valence-corrected chi connectivity index (χ0v) is 12.7. The van der Waals surface area contributed by atoms with Crippen molar-refractivity contribution in [1.82, 2.24) is 15.1 Å². The quantitative estimate of drug-likeness (QED) is 0.603. The van der Waals surface area contributed by atoms with Crippen LogP contribution in [0, 0.1) is 5.92 Å². The maximum Gasteiger partial charge on any atom is 0.0107 e. The van der Waals surface area contributed by atoms with Crippen LogP contribution in [-0.2, 0) is 0 Å². The molecule has 1 rings (SSSR count). The molecule has 0 bridgehead atoms. The third-order valence-electron chi connectivity index (χ3n) is 4.21. The van der Waals surface area contributed by atoms with Gasteiger partial charge in [0.2, 0.25) is 0 Å². The summed E-state index contributed by atoms with van der Waals surface area (Å²) in [6.07, 6.45) is 5.83. The fourth-order valence-corrected chi connectivity index (χ4v) is 2.90. The molecule has 0 aliphatic heterocycles. The molecule has 0 aromatic heterocycles.